The molecule has 0 aliphatic heterocycles. The Balaban J connectivity index is 2.15. The van der Waals surface area contributed by atoms with Crippen LogP contribution >= 0.6 is 0 Å². The highest BCUT2D eigenvalue weighted by atomic mass is 32.2. The summed E-state index contributed by atoms with van der Waals surface area (Å²) >= 11 is 0. The van der Waals surface area contributed by atoms with Crippen molar-refractivity contribution in [1.82, 2.24) is 0 Å². The fraction of sp³-hybridized carbons (Fsp3) is 0.100. The number of sulfonamides is 1. The van der Waals surface area contributed by atoms with Crippen LogP contribution in [-0.4, -0.2) is 8.42 Å². The van der Waals surface area contributed by atoms with Gasteiger partial charge in [0.15, 0.2) is 0 Å². The topological polar surface area (TPSA) is 37.4 Å². The third-order valence-electron chi connectivity index (χ3n) is 4.08. The minimum absolute atomic E-state index is 0.0349. The molecular weight excluding hydrogens is 356 g/mol. The monoisotopic (exact) mass is 373 g/mol. The molecule has 0 radical (unpaired) electrons. The lowest BCUT2D eigenvalue weighted by atomic mass is 10.1. The van der Waals surface area contributed by atoms with Gasteiger partial charge in [0.25, 0.3) is 10.0 Å². The summed E-state index contributed by atoms with van der Waals surface area (Å²) in [5.41, 5.74) is 1.77. The fourth-order valence-corrected chi connectivity index (χ4v) is 4.16. The van der Waals surface area contributed by atoms with Gasteiger partial charge in [-0.25, -0.2) is 17.2 Å². The number of hydrogen-bond acceptors (Lipinski definition) is 2. The van der Waals surface area contributed by atoms with Gasteiger partial charge in [-0.3, -0.25) is 4.31 Å². The molecule has 3 rings (SSSR count). The van der Waals surface area contributed by atoms with Crippen molar-refractivity contribution < 1.29 is 17.2 Å². The first-order valence-corrected chi connectivity index (χ1v) is 9.41. The van der Waals surface area contributed by atoms with E-state index in [1.54, 1.807) is 12.1 Å². The van der Waals surface area contributed by atoms with Gasteiger partial charge < -0.3 is 0 Å². The van der Waals surface area contributed by atoms with Gasteiger partial charge >= 0.3 is 0 Å². The van der Waals surface area contributed by atoms with Crippen LogP contribution in [-0.2, 0) is 16.6 Å². The van der Waals surface area contributed by atoms with Crippen molar-refractivity contribution in [3.63, 3.8) is 0 Å². The van der Waals surface area contributed by atoms with Crippen molar-refractivity contribution in [3.8, 4) is 0 Å². The molecule has 0 saturated carbocycles. The molecule has 0 aromatic heterocycles. The largest absolute Gasteiger partial charge is 0.267 e. The van der Waals surface area contributed by atoms with E-state index in [9.17, 15) is 17.2 Å². The van der Waals surface area contributed by atoms with Gasteiger partial charge in [-0.15, -0.1) is 0 Å². The van der Waals surface area contributed by atoms with Crippen LogP contribution in [0.2, 0.25) is 0 Å². The van der Waals surface area contributed by atoms with Crippen LogP contribution in [0.25, 0.3) is 0 Å². The van der Waals surface area contributed by atoms with Crippen molar-refractivity contribution in [2.24, 2.45) is 0 Å². The number of anilines is 1. The van der Waals surface area contributed by atoms with Crippen molar-refractivity contribution in [2.75, 3.05) is 4.31 Å². The van der Waals surface area contributed by atoms with Crippen molar-refractivity contribution in [3.05, 3.63) is 95.6 Å². The Bertz CT molecular complexity index is 1040. The predicted octanol–water partition coefficient (Wildman–Crippen LogP) is 4.67. The van der Waals surface area contributed by atoms with Crippen LogP contribution in [0.3, 0.4) is 0 Å². The zero-order valence-electron chi connectivity index (χ0n) is 14.1. The summed E-state index contributed by atoms with van der Waals surface area (Å²) in [4.78, 5) is -0.446. The molecule has 0 bridgehead atoms. The van der Waals surface area contributed by atoms with Gasteiger partial charge in [0.05, 0.1) is 12.2 Å². The second kappa shape index (κ2) is 7.25. The summed E-state index contributed by atoms with van der Waals surface area (Å²) < 4.78 is 55.2. The molecule has 0 saturated heterocycles. The Hall–Kier alpha value is -2.73. The minimum Gasteiger partial charge on any atom is -0.262 e. The lowest BCUT2D eigenvalue weighted by Gasteiger charge is -2.25. The molecular formula is C20H17F2NO2S. The molecule has 0 spiro atoms. The molecule has 3 aromatic carbocycles. The smallest absolute Gasteiger partial charge is 0.262 e. The summed E-state index contributed by atoms with van der Waals surface area (Å²) in [5, 5.41) is 0. The number of aryl methyl sites for hydroxylation is 1. The van der Waals surface area contributed by atoms with E-state index in [1.807, 2.05) is 19.1 Å². The third kappa shape index (κ3) is 3.60. The molecule has 0 aliphatic rings. The molecule has 0 amide bonds. The van der Waals surface area contributed by atoms with Gasteiger partial charge in [-0.05, 0) is 48.4 Å². The second-order valence-electron chi connectivity index (χ2n) is 5.85. The summed E-state index contributed by atoms with van der Waals surface area (Å²) in [7, 11) is -4.22. The number of halogens is 2. The van der Waals surface area contributed by atoms with Crippen LogP contribution in [0, 0.1) is 18.6 Å². The molecule has 6 heteroatoms. The van der Waals surface area contributed by atoms with E-state index in [1.165, 1.54) is 36.4 Å². The summed E-state index contributed by atoms with van der Waals surface area (Å²) in [6.45, 7) is 1.82. The molecule has 0 unspecified atom stereocenters. The Morgan fingerprint density at radius 1 is 0.885 bits per heavy atom. The normalized spacial score (nSPS) is 11.3. The fourth-order valence-electron chi connectivity index (χ4n) is 2.66. The lowest BCUT2D eigenvalue weighted by Crippen LogP contribution is -2.31. The molecule has 0 fully saturated rings. The van der Waals surface area contributed by atoms with Gasteiger partial charge in [0.1, 0.15) is 16.5 Å². The van der Waals surface area contributed by atoms with E-state index in [0.29, 0.717) is 0 Å². The second-order valence-corrected chi connectivity index (χ2v) is 7.68. The van der Waals surface area contributed by atoms with Crippen molar-refractivity contribution in [2.45, 2.75) is 18.4 Å². The number of hydrogen-bond donors (Lipinski definition) is 0. The van der Waals surface area contributed by atoms with Crippen molar-refractivity contribution in [1.29, 1.82) is 0 Å². The average Bonchev–Trinajstić information content (AvgIpc) is 2.61. The lowest BCUT2D eigenvalue weighted by molar-refractivity contribution is 0.563. The molecule has 0 aliphatic carbocycles. The zero-order chi connectivity index (χ0) is 18.7. The Kier molecular flexibility index (Phi) is 5.04. The van der Waals surface area contributed by atoms with Crippen LogP contribution in [0.5, 0.6) is 0 Å². The van der Waals surface area contributed by atoms with Crippen LogP contribution < -0.4 is 4.31 Å². The van der Waals surface area contributed by atoms with Gasteiger partial charge in [0.2, 0.25) is 0 Å². The molecule has 0 N–H and O–H groups in total. The third-order valence-corrected chi connectivity index (χ3v) is 5.88. The standard InChI is InChI=1S/C20H17F2NO2S/c1-15-7-2-3-8-16(15)14-23(18-10-6-9-17(21)13-18)26(24,25)20-12-5-4-11-19(20)22/h2-13H,14H2,1H3. The van der Waals surface area contributed by atoms with E-state index in [2.05, 4.69) is 0 Å². The maximum atomic E-state index is 14.2. The number of nitrogens with zero attached hydrogens (tertiary/aromatic N) is 1. The molecule has 3 aromatic rings. The highest BCUT2D eigenvalue weighted by molar-refractivity contribution is 7.92. The van der Waals surface area contributed by atoms with Crippen molar-refractivity contribution >= 4 is 15.7 Å². The van der Waals surface area contributed by atoms with Crippen LogP contribution in [0.1, 0.15) is 11.1 Å². The van der Waals surface area contributed by atoms with E-state index in [-0.39, 0.29) is 12.2 Å². The first-order chi connectivity index (χ1) is 12.4. The molecule has 0 atom stereocenters. The Morgan fingerprint density at radius 3 is 2.27 bits per heavy atom. The Morgan fingerprint density at radius 2 is 1.58 bits per heavy atom. The Labute approximate surface area is 151 Å². The first-order valence-electron chi connectivity index (χ1n) is 7.97. The summed E-state index contributed by atoms with van der Waals surface area (Å²) in [6, 6.07) is 17.7. The molecule has 3 nitrogen and oxygen atoms in total. The van der Waals surface area contributed by atoms with Crippen LogP contribution in [0.15, 0.2) is 77.7 Å². The van der Waals surface area contributed by atoms with Gasteiger partial charge in [0, 0.05) is 0 Å². The molecule has 134 valence electrons. The maximum Gasteiger partial charge on any atom is 0.267 e. The molecule has 26 heavy (non-hydrogen) atoms. The number of rotatable bonds is 5. The highest BCUT2D eigenvalue weighted by Crippen LogP contribution is 2.28. The zero-order valence-corrected chi connectivity index (χ0v) is 14.9. The molecule has 0 heterocycles. The van der Waals surface area contributed by atoms with E-state index >= 15 is 0 Å². The van der Waals surface area contributed by atoms with E-state index < -0.39 is 26.6 Å². The maximum absolute atomic E-state index is 14.2. The van der Waals surface area contributed by atoms with Crippen LogP contribution in [0.4, 0.5) is 14.5 Å². The average molecular weight is 373 g/mol. The minimum atomic E-state index is -4.22. The SMILES string of the molecule is Cc1ccccc1CN(c1cccc(F)c1)S(=O)(=O)c1ccccc1F. The van der Waals surface area contributed by atoms with E-state index in [4.69, 9.17) is 0 Å². The first kappa shape index (κ1) is 18.1. The number of benzene rings is 3. The summed E-state index contributed by atoms with van der Waals surface area (Å²) in [6.07, 6.45) is 0. The van der Waals surface area contributed by atoms with Gasteiger partial charge in [-0.2, -0.15) is 0 Å². The summed E-state index contributed by atoms with van der Waals surface area (Å²) in [5.74, 6) is -1.42. The van der Waals surface area contributed by atoms with Gasteiger partial charge in [-0.1, -0.05) is 42.5 Å². The van der Waals surface area contributed by atoms with E-state index in [0.717, 1.165) is 27.6 Å². The quantitative estimate of drug-likeness (QED) is 0.652. The predicted molar refractivity (Wildman–Crippen MR) is 97.3 cm³/mol. The highest BCUT2D eigenvalue weighted by Gasteiger charge is 2.28.